The van der Waals surface area contributed by atoms with Gasteiger partial charge in [-0.1, -0.05) is 28.9 Å². The van der Waals surface area contributed by atoms with Crippen LogP contribution in [0, 0.1) is 6.92 Å². The van der Waals surface area contributed by atoms with Gasteiger partial charge >= 0.3 is 0 Å². The van der Waals surface area contributed by atoms with E-state index in [1.807, 2.05) is 10.9 Å². The van der Waals surface area contributed by atoms with E-state index >= 15 is 0 Å². The molecule has 0 aliphatic rings. The van der Waals surface area contributed by atoms with Gasteiger partial charge in [0, 0.05) is 22.3 Å². The van der Waals surface area contributed by atoms with Gasteiger partial charge in [-0.25, -0.2) is 4.68 Å². The number of aromatic nitrogens is 2. The Balaban J connectivity index is 2.52. The second-order valence-corrected chi connectivity index (χ2v) is 4.87. The van der Waals surface area contributed by atoms with Crippen LogP contribution in [0.2, 0.25) is 0 Å². The Hall–Kier alpha value is -1.13. The number of nitrogens with two attached hydrogens (primary N) is 1. The molecule has 1 aromatic carbocycles. The van der Waals surface area contributed by atoms with Gasteiger partial charge in [0.15, 0.2) is 0 Å². The predicted molar refractivity (Wildman–Crippen MR) is 73.3 cm³/mol. The zero-order chi connectivity index (χ0) is 12.4. The number of benzene rings is 1. The van der Waals surface area contributed by atoms with E-state index in [4.69, 9.17) is 5.73 Å². The first-order valence-corrected chi connectivity index (χ1v) is 6.49. The van der Waals surface area contributed by atoms with E-state index in [-0.39, 0.29) is 0 Å². The first kappa shape index (κ1) is 12.3. The highest BCUT2D eigenvalue weighted by Crippen LogP contribution is 2.22. The number of hydrogen-bond donors (Lipinski definition) is 1. The predicted octanol–water partition coefficient (Wildman–Crippen LogP) is 2.96. The van der Waals surface area contributed by atoms with Crippen molar-refractivity contribution in [1.29, 1.82) is 0 Å². The fourth-order valence-electron chi connectivity index (χ4n) is 1.89. The summed E-state index contributed by atoms with van der Waals surface area (Å²) in [5.74, 6) is 0. The van der Waals surface area contributed by atoms with E-state index < -0.39 is 0 Å². The third-order valence-electron chi connectivity index (χ3n) is 2.91. The summed E-state index contributed by atoms with van der Waals surface area (Å²) in [6.45, 7) is 4.73. The summed E-state index contributed by atoms with van der Waals surface area (Å²) >= 11 is 3.55. The van der Waals surface area contributed by atoms with Crippen LogP contribution >= 0.6 is 15.9 Å². The minimum absolute atomic E-state index is 0.538. The van der Waals surface area contributed by atoms with E-state index in [1.54, 1.807) is 0 Å². The molecule has 0 bridgehead atoms. The molecular weight excluding hydrogens is 278 g/mol. The number of hydrogen-bond acceptors (Lipinski definition) is 2. The third kappa shape index (κ3) is 2.28. The van der Waals surface area contributed by atoms with Gasteiger partial charge in [-0.15, -0.1) is 0 Å². The second kappa shape index (κ2) is 5.02. The Labute approximate surface area is 110 Å². The standard InChI is InChI=1S/C13H16BrN3/c1-3-13-10(7-15)8-16-17(13)11-5-4-9(2)12(14)6-11/h4-6,8H,3,7,15H2,1-2H3. The average molecular weight is 294 g/mol. The molecule has 1 heterocycles. The summed E-state index contributed by atoms with van der Waals surface area (Å²) in [7, 11) is 0. The van der Waals surface area contributed by atoms with E-state index in [9.17, 15) is 0 Å². The Morgan fingerprint density at radius 2 is 2.18 bits per heavy atom. The van der Waals surface area contributed by atoms with Crippen molar-refractivity contribution < 1.29 is 0 Å². The van der Waals surface area contributed by atoms with E-state index in [0.717, 1.165) is 22.1 Å². The summed E-state index contributed by atoms with van der Waals surface area (Å²) in [6, 6.07) is 6.25. The average Bonchev–Trinajstić information content (AvgIpc) is 2.75. The molecule has 0 saturated heterocycles. The number of rotatable bonds is 3. The van der Waals surface area contributed by atoms with Crippen LogP contribution in [0.5, 0.6) is 0 Å². The molecule has 0 amide bonds. The van der Waals surface area contributed by atoms with Crippen LogP contribution in [-0.4, -0.2) is 9.78 Å². The largest absolute Gasteiger partial charge is 0.326 e. The topological polar surface area (TPSA) is 43.8 Å². The first-order valence-electron chi connectivity index (χ1n) is 5.69. The van der Waals surface area contributed by atoms with Crippen molar-refractivity contribution in [1.82, 2.24) is 9.78 Å². The minimum atomic E-state index is 0.538. The van der Waals surface area contributed by atoms with E-state index in [0.29, 0.717) is 6.54 Å². The van der Waals surface area contributed by atoms with Gasteiger partial charge in [-0.3, -0.25) is 0 Å². The molecule has 0 spiro atoms. The molecule has 3 nitrogen and oxygen atoms in total. The van der Waals surface area contributed by atoms with Crippen LogP contribution in [0.25, 0.3) is 5.69 Å². The molecule has 0 radical (unpaired) electrons. The quantitative estimate of drug-likeness (QED) is 0.945. The van der Waals surface area contributed by atoms with Gasteiger partial charge in [-0.2, -0.15) is 5.10 Å². The second-order valence-electron chi connectivity index (χ2n) is 4.02. The molecule has 0 atom stereocenters. The van der Waals surface area contributed by atoms with Crippen LogP contribution in [-0.2, 0) is 13.0 Å². The Morgan fingerprint density at radius 3 is 2.76 bits per heavy atom. The van der Waals surface area contributed by atoms with Crippen LogP contribution in [0.15, 0.2) is 28.9 Å². The lowest BCUT2D eigenvalue weighted by Crippen LogP contribution is -2.05. The van der Waals surface area contributed by atoms with Crippen LogP contribution in [0.4, 0.5) is 0 Å². The van der Waals surface area contributed by atoms with Crippen molar-refractivity contribution >= 4 is 15.9 Å². The maximum atomic E-state index is 5.71. The zero-order valence-electron chi connectivity index (χ0n) is 10.1. The molecule has 0 aliphatic heterocycles. The van der Waals surface area contributed by atoms with E-state index in [1.165, 1.54) is 11.3 Å². The van der Waals surface area contributed by atoms with Gasteiger partial charge < -0.3 is 5.73 Å². The maximum absolute atomic E-state index is 5.71. The van der Waals surface area contributed by atoms with Crippen molar-refractivity contribution in [3.63, 3.8) is 0 Å². The van der Waals surface area contributed by atoms with Gasteiger partial charge in [0.05, 0.1) is 11.9 Å². The molecule has 0 aliphatic carbocycles. The Bertz CT molecular complexity index is 531. The minimum Gasteiger partial charge on any atom is -0.326 e. The molecule has 2 N–H and O–H groups in total. The van der Waals surface area contributed by atoms with Crippen LogP contribution < -0.4 is 5.73 Å². The van der Waals surface area contributed by atoms with Crippen molar-refractivity contribution in [3.05, 3.63) is 45.7 Å². The van der Waals surface area contributed by atoms with Crippen molar-refractivity contribution in [3.8, 4) is 5.69 Å². The number of nitrogens with zero attached hydrogens (tertiary/aromatic N) is 2. The van der Waals surface area contributed by atoms with E-state index in [2.05, 4.69) is 53.1 Å². The molecule has 17 heavy (non-hydrogen) atoms. The van der Waals surface area contributed by atoms with Gasteiger partial charge in [0.25, 0.3) is 0 Å². The highest BCUT2D eigenvalue weighted by Gasteiger charge is 2.09. The highest BCUT2D eigenvalue weighted by molar-refractivity contribution is 9.10. The van der Waals surface area contributed by atoms with Crippen molar-refractivity contribution in [2.75, 3.05) is 0 Å². The van der Waals surface area contributed by atoms with Gasteiger partial charge in [-0.05, 0) is 31.0 Å². The summed E-state index contributed by atoms with van der Waals surface area (Å²) in [5, 5.41) is 4.41. The molecule has 0 unspecified atom stereocenters. The fourth-order valence-corrected chi connectivity index (χ4v) is 2.26. The molecule has 0 fully saturated rings. The van der Waals surface area contributed by atoms with Crippen LogP contribution in [0.1, 0.15) is 23.7 Å². The first-order chi connectivity index (χ1) is 8.17. The van der Waals surface area contributed by atoms with Gasteiger partial charge in [0.1, 0.15) is 0 Å². The molecule has 0 saturated carbocycles. The fraction of sp³-hybridized carbons (Fsp3) is 0.308. The molecular formula is C13H16BrN3. The normalized spacial score (nSPS) is 10.8. The molecule has 2 rings (SSSR count). The molecule has 4 heteroatoms. The summed E-state index contributed by atoms with van der Waals surface area (Å²) in [4.78, 5) is 0. The maximum Gasteiger partial charge on any atom is 0.0660 e. The Kier molecular flexibility index (Phi) is 3.64. The lowest BCUT2D eigenvalue weighted by molar-refractivity contribution is 0.806. The zero-order valence-corrected chi connectivity index (χ0v) is 11.7. The van der Waals surface area contributed by atoms with Crippen molar-refractivity contribution in [2.24, 2.45) is 5.73 Å². The molecule has 2 aromatic rings. The SMILES string of the molecule is CCc1c(CN)cnn1-c1ccc(C)c(Br)c1. The highest BCUT2D eigenvalue weighted by atomic mass is 79.9. The summed E-state index contributed by atoms with van der Waals surface area (Å²) in [6.07, 6.45) is 2.78. The summed E-state index contributed by atoms with van der Waals surface area (Å²) in [5.41, 5.74) is 10.3. The number of halogens is 1. The lowest BCUT2D eigenvalue weighted by atomic mass is 10.2. The molecule has 1 aromatic heterocycles. The lowest BCUT2D eigenvalue weighted by Gasteiger charge is -2.08. The number of aryl methyl sites for hydroxylation is 1. The van der Waals surface area contributed by atoms with Crippen molar-refractivity contribution in [2.45, 2.75) is 26.8 Å². The monoisotopic (exact) mass is 293 g/mol. The smallest absolute Gasteiger partial charge is 0.0660 e. The summed E-state index contributed by atoms with van der Waals surface area (Å²) < 4.78 is 3.06. The Morgan fingerprint density at radius 1 is 1.41 bits per heavy atom. The van der Waals surface area contributed by atoms with Gasteiger partial charge in [0.2, 0.25) is 0 Å². The third-order valence-corrected chi connectivity index (χ3v) is 3.76. The molecule has 90 valence electrons. The van der Waals surface area contributed by atoms with Crippen LogP contribution in [0.3, 0.4) is 0 Å².